The van der Waals surface area contributed by atoms with Crippen LogP contribution in [0.15, 0.2) is 48.5 Å². The Labute approximate surface area is 110 Å². The Kier molecular flexibility index (Phi) is 3.99. The minimum atomic E-state index is 1.07. The minimum absolute atomic E-state index is 1.07. The topological polar surface area (TPSA) is 0 Å². The lowest BCUT2D eigenvalue weighted by atomic mass is 9.92. The van der Waals surface area contributed by atoms with Crippen LogP contribution in [-0.2, 0) is 6.42 Å². The van der Waals surface area contributed by atoms with E-state index in [4.69, 9.17) is 0 Å². The third-order valence-electron chi connectivity index (χ3n) is 3.41. The smallest absolute Gasteiger partial charge is 0.0146 e. The molecule has 0 heteroatoms. The summed E-state index contributed by atoms with van der Waals surface area (Å²) in [7, 11) is 0. The Morgan fingerprint density at radius 2 is 1.67 bits per heavy atom. The number of benzene rings is 2. The second-order valence-corrected chi connectivity index (χ2v) is 4.53. The van der Waals surface area contributed by atoms with Crippen molar-refractivity contribution >= 4 is 6.08 Å². The highest BCUT2D eigenvalue weighted by atomic mass is 14.1. The first-order valence-corrected chi connectivity index (χ1v) is 6.58. The monoisotopic (exact) mass is 236 g/mol. The zero-order chi connectivity index (χ0) is 13.0. The van der Waals surface area contributed by atoms with E-state index in [2.05, 4.69) is 75.4 Å². The number of aryl methyl sites for hydroxylation is 1. The largest absolute Gasteiger partial charge is 0.0871 e. The Bertz CT molecular complexity index is 562. The second-order valence-electron chi connectivity index (χ2n) is 4.53. The van der Waals surface area contributed by atoms with Crippen molar-refractivity contribution in [2.75, 3.05) is 0 Å². The molecule has 0 saturated carbocycles. The van der Waals surface area contributed by atoms with Gasteiger partial charge in [-0.2, -0.15) is 0 Å². The van der Waals surface area contributed by atoms with E-state index in [1.165, 1.54) is 27.8 Å². The van der Waals surface area contributed by atoms with Crippen LogP contribution in [0.4, 0.5) is 0 Å². The van der Waals surface area contributed by atoms with Crippen LogP contribution in [0.3, 0.4) is 0 Å². The highest BCUT2D eigenvalue weighted by molar-refractivity contribution is 5.74. The number of hydrogen-bond donors (Lipinski definition) is 0. The normalized spacial score (nSPS) is 11.1. The average Bonchev–Trinajstić information content (AvgIpc) is 2.41. The summed E-state index contributed by atoms with van der Waals surface area (Å²) in [5.41, 5.74) is 6.79. The summed E-state index contributed by atoms with van der Waals surface area (Å²) in [5.74, 6) is 0. The molecule has 0 atom stereocenters. The van der Waals surface area contributed by atoms with Crippen LogP contribution < -0.4 is 0 Å². The molecule has 0 saturated heterocycles. The Morgan fingerprint density at radius 3 is 2.39 bits per heavy atom. The summed E-state index contributed by atoms with van der Waals surface area (Å²) in [6, 6.07) is 15.2. The molecule has 0 radical (unpaired) electrons. The van der Waals surface area contributed by atoms with Crippen LogP contribution in [0.1, 0.15) is 30.5 Å². The maximum Gasteiger partial charge on any atom is -0.0146 e. The number of hydrogen-bond acceptors (Lipinski definition) is 0. The molecule has 92 valence electrons. The van der Waals surface area contributed by atoms with Gasteiger partial charge in [-0.3, -0.25) is 0 Å². The van der Waals surface area contributed by atoms with Crippen LogP contribution in [0.25, 0.3) is 17.2 Å². The molecule has 0 aliphatic rings. The van der Waals surface area contributed by atoms with E-state index in [1.54, 1.807) is 0 Å². The molecule has 0 fully saturated rings. The second kappa shape index (κ2) is 5.68. The predicted molar refractivity (Wildman–Crippen MR) is 80.7 cm³/mol. The number of allylic oxidation sites excluding steroid dienone is 1. The van der Waals surface area contributed by atoms with Gasteiger partial charge in [0.15, 0.2) is 0 Å². The van der Waals surface area contributed by atoms with Gasteiger partial charge in [0.25, 0.3) is 0 Å². The summed E-state index contributed by atoms with van der Waals surface area (Å²) in [5, 5.41) is 0. The summed E-state index contributed by atoms with van der Waals surface area (Å²) in [6.45, 7) is 6.48. The molecule has 0 aliphatic heterocycles. The molecule has 0 bridgehead atoms. The Balaban J connectivity index is 2.61. The molecule has 2 aromatic rings. The standard InChI is InChI=1S/C18H20/c1-4-9-16-11-8-13-17(14(16)3)18-12-7-6-10-15(18)5-2/h4,6-13H,5H2,1-3H3/b9-4-. The lowest BCUT2D eigenvalue weighted by molar-refractivity contribution is 1.14. The lowest BCUT2D eigenvalue weighted by Crippen LogP contribution is -1.91. The molecule has 0 spiro atoms. The van der Waals surface area contributed by atoms with E-state index in [1.807, 2.05) is 0 Å². The van der Waals surface area contributed by atoms with E-state index < -0.39 is 0 Å². The van der Waals surface area contributed by atoms with Crippen molar-refractivity contribution in [2.45, 2.75) is 27.2 Å². The highest BCUT2D eigenvalue weighted by Crippen LogP contribution is 2.29. The maximum absolute atomic E-state index is 2.22. The first kappa shape index (κ1) is 12.6. The highest BCUT2D eigenvalue weighted by Gasteiger charge is 2.07. The summed E-state index contributed by atoms with van der Waals surface area (Å²) >= 11 is 0. The summed E-state index contributed by atoms with van der Waals surface area (Å²) in [4.78, 5) is 0. The fourth-order valence-electron chi connectivity index (χ4n) is 2.40. The molecule has 0 aromatic heterocycles. The van der Waals surface area contributed by atoms with E-state index in [-0.39, 0.29) is 0 Å². The van der Waals surface area contributed by atoms with Crippen molar-refractivity contribution < 1.29 is 0 Å². The zero-order valence-electron chi connectivity index (χ0n) is 11.4. The Morgan fingerprint density at radius 1 is 0.944 bits per heavy atom. The third-order valence-corrected chi connectivity index (χ3v) is 3.41. The van der Waals surface area contributed by atoms with Crippen molar-refractivity contribution in [3.8, 4) is 11.1 Å². The summed E-state index contributed by atoms with van der Waals surface area (Å²) < 4.78 is 0. The van der Waals surface area contributed by atoms with Crippen molar-refractivity contribution in [3.05, 3.63) is 65.2 Å². The Hall–Kier alpha value is -1.82. The van der Waals surface area contributed by atoms with Crippen LogP contribution in [0.5, 0.6) is 0 Å². The van der Waals surface area contributed by atoms with Crippen molar-refractivity contribution in [2.24, 2.45) is 0 Å². The first-order valence-electron chi connectivity index (χ1n) is 6.58. The van der Waals surface area contributed by atoms with E-state index in [9.17, 15) is 0 Å². The molecule has 0 amide bonds. The molecule has 0 aliphatic carbocycles. The van der Waals surface area contributed by atoms with Gasteiger partial charge in [-0.25, -0.2) is 0 Å². The van der Waals surface area contributed by atoms with Gasteiger partial charge < -0.3 is 0 Å². The molecule has 2 aromatic carbocycles. The first-order chi connectivity index (χ1) is 8.77. The zero-order valence-corrected chi connectivity index (χ0v) is 11.4. The van der Waals surface area contributed by atoms with Gasteiger partial charge in [0.1, 0.15) is 0 Å². The molecule has 2 rings (SSSR count). The summed E-state index contributed by atoms with van der Waals surface area (Å²) in [6.07, 6.45) is 5.34. The van der Waals surface area contributed by atoms with Gasteiger partial charge in [-0.15, -0.1) is 0 Å². The van der Waals surface area contributed by atoms with Gasteiger partial charge in [0, 0.05) is 0 Å². The predicted octanol–water partition coefficient (Wildman–Crippen LogP) is 5.26. The molecule has 0 unspecified atom stereocenters. The molecule has 0 heterocycles. The van der Waals surface area contributed by atoms with Crippen molar-refractivity contribution in [1.82, 2.24) is 0 Å². The fourth-order valence-corrected chi connectivity index (χ4v) is 2.40. The van der Waals surface area contributed by atoms with Crippen molar-refractivity contribution in [3.63, 3.8) is 0 Å². The lowest BCUT2D eigenvalue weighted by Gasteiger charge is -2.12. The van der Waals surface area contributed by atoms with Crippen molar-refractivity contribution in [1.29, 1.82) is 0 Å². The fraction of sp³-hybridized carbons (Fsp3) is 0.222. The van der Waals surface area contributed by atoms with E-state index >= 15 is 0 Å². The van der Waals surface area contributed by atoms with Gasteiger partial charge in [0.05, 0.1) is 0 Å². The molecular weight excluding hydrogens is 216 g/mol. The SMILES string of the molecule is C/C=C\c1cccc(-c2ccccc2CC)c1C. The van der Waals surface area contributed by atoms with Crippen LogP contribution in [0, 0.1) is 6.92 Å². The third kappa shape index (κ3) is 2.38. The molecule has 0 nitrogen and oxygen atoms in total. The van der Waals surface area contributed by atoms with Gasteiger partial charge >= 0.3 is 0 Å². The maximum atomic E-state index is 2.22. The quantitative estimate of drug-likeness (QED) is 0.682. The van der Waals surface area contributed by atoms with Crippen LogP contribution in [0.2, 0.25) is 0 Å². The van der Waals surface area contributed by atoms with E-state index in [0.29, 0.717) is 0 Å². The molecular formula is C18H20. The van der Waals surface area contributed by atoms with Gasteiger partial charge in [-0.05, 0) is 48.1 Å². The van der Waals surface area contributed by atoms with Crippen LogP contribution in [-0.4, -0.2) is 0 Å². The van der Waals surface area contributed by atoms with Gasteiger partial charge in [0.2, 0.25) is 0 Å². The van der Waals surface area contributed by atoms with Gasteiger partial charge in [-0.1, -0.05) is 61.5 Å². The molecule has 0 N–H and O–H groups in total. The average molecular weight is 236 g/mol. The number of rotatable bonds is 3. The van der Waals surface area contributed by atoms with E-state index in [0.717, 1.165) is 6.42 Å². The molecule has 18 heavy (non-hydrogen) atoms. The van der Waals surface area contributed by atoms with Crippen LogP contribution >= 0.6 is 0 Å². The minimum Gasteiger partial charge on any atom is -0.0871 e.